The summed E-state index contributed by atoms with van der Waals surface area (Å²) >= 11 is 0. The molecule has 3 rings (SSSR count). The van der Waals surface area contributed by atoms with Gasteiger partial charge < -0.3 is 19.9 Å². The Morgan fingerprint density at radius 3 is 2.32 bits per heavy atom. The smallest absolute Gasteiger partial charge is 0.233 e. The number of rotatable bonds is 8. The van der Waals surface area contributed by atoms with E-state index in [0.717, 1.165) is 22.7 Å². The van der Waals surface area contributed by atoms with Crippen molar-refractivity contribution in [3.63, 3.8) is 0 Å². The van der Waals surface area contributed by atoms with Gasteiger partial charge in [-0.15, -0.1) is 29.9 Å². The van der Waals surface area contributed by atoms with Crippen molar-refractivity contribution in [2.75, 3.05) is 26.9 Å². The number of methoxy groups -OCH3 is 1. The van der Waals surface area contributed by atoms with E-state index in [1.165, 1.54) is 0 Å². The highest BCUT2D eigenvalue weighted by molar-refractivity contribution is 5.85. The van der Waals surface area contributed by atoms with Crippen LogP contribution >= 0.6 is 24.8 Å². The van der Waals surface area contributed by atoms with Crippen molar-refractivity contribution in [3.8, 4) is 34.5 Å². The van der Waals surface area contributed by atoms with E-state index in [0.29, 0.717) is 31.5 Å². The largest absolute Gasteiger partial charge is 0.492 e. The minimum absolute atomic E-state index is 0. The quantitative estimate of drug-likeness (QED) is 0.592. The third kappa shape index (κ3) is 5.51. The molecule has 0 fully saturated rings. The number of aromatic nitrogens is 3. The van der Waals surface area contributed by atoms with Crippen molar-refractivity contribution in [1.29, 1.82) is 0 Å². The first-order valence-electron chi connectivity index (χ1n) is 8.41. The molecule has 0 saturated carbocycles. The van der Waals surface area contributed by atoms with Gasteiger partial charge in [-0.25, -0.2) is 9.67 Å². The van der Waals surface area contributed by atoms with Gasteiger partial charge in [0.15, 0.2) is 0 Å². The van der Waals surface area contributed by atoms with Crippen molar-refractivity contribution in [1.82, 2.24) is 14.8 Å². The number of pyridine rings is 1. The highest BCUT2D eigenvalue weighted by Gasteiger charge is 2.13. The molecule has 7 nitrogen and oxygen atoms in total. The number of nitrogens with zero attached hydrogens (tertiary/aromatic N) is 3. The molecule has 0 radical (unpaired) electrons. The Morgan fingerprint density at radius 1 is 1.00 bits per heavy atom. The molecule has 0 bridgehead atoms. The molecule has 0 amide bonds. The molecule has 0 atom stereocenters. The van der Waals surface area contributed by atoms with E-state index in [1.807, 2.05) is 43.3 Å². The average molecular weight is 427 g/mol. The van der Waals surface area contributed by atoms with Crippen LogP contribution in [0.2, 0.25) is 0 Å². The van der Waals surface area contributed by atoms with Crippen molar-refractivity contribution in [2.24, 2.45) is 5.73 Å². The van der Waals surface area contributed by atoms with E-state index in [1.54, 1.807) is 24.1 Å². The lowest BCUT2D eigenvalue weighted by atomic mass is 10.1. The van der Waals surface area contributed by atoms with E-state index in [9.17, 15) is 0 Å². The fourth-order valence-corrected chi connectivity index (χ4v) is 2.50. The zero-order valence-corrected chi connectivity index (χ0v) is 17.3. The SMILES string of the molecule is CCOc1cc(-c2ccc(OCCN)cc2)n(-c2ccc(OC)nc2)n1.Cl.Cl. The predicted molar refractivity (Wildman–Crippen MR) is 114 cm³/mol. The molecule has 152 valence electrons. The average Bonchev–Trinajstić information content (AvgIpc) is 3.11. The second kappa shape index (κ2) is 11.4. The van der Waals surface area contributed by atoms with Crippen LogP contribution in [0.4, 0.5) is 0 Å². The summed E-state index contributed by atoms with van der Waals surface area (Å²) < 4.78 is 18.0. The molecule has 28 heavy (non-hydrogen) atoms. The zero-order chi connectivity index (χ0) is 18.4. The summed E-state index contributed by atoms with van der Waals surface area (Å²) in [5.41, 5.74) is 8.16. The highest BCUT2D eigenvalue weighted by atomic mass is 35.5. The third-order valence-corrected chi connectivity index (χ3v) is 3.69. The molecule has 0 aliphatic heterocycles. The minimum Gasteiger partial charge on any atom is -0.492 e. The van der Waals surface area contributed by atoms with Gasteiger partial charge in [-0.3, -0.25) is 0 Å². The van der Waals surface area contributed by atoms with Gasteiger partial charge in [-0.1, -0.05) is 0 Å². The number of benzene rings is 1. The summed E-state index contributed by atoms with van der Waals surface area (Å²) in [6.07, 6.45) is 1.71. The van der Waals surface area contributed by atoms with Crippen LogP contribution < -0.4 is 19.9 Å². The molecule has 3 aromatic rings. The normalized spacial score (nSPS) is 9.82. The summed E-state index contributed by atoms with van der Waals surface area (Å²) in [6.45, 7) is 3.44. The lowest BCUT2D eigenvalue weighted by molar-refractivity contribution is 0.324. The molecular formula is C19H24Cl2N4O3. The fraction of sp³-hybridized carbons (Fsp3) is 0.263. The van der Waals surface area contributed by atoms with Crippen LogP contribution in [0.1, 0.15) is 6.92 Å². The summed E-state index contributed by atoms with van der Waals surface area (Å²) in [5.74, 6) is 1.89. The molecule has 0 saturated heterocycles. The number of nitrogens with two attached hydrogens (primary N) is 1. The van der Waals surface area contributed by atoms with E-state index in [4.69, 9.17) is 19.9 Å². The summed E-state index contributed by atoms with van der Waals surface area (Å²) in [4.78, 5) is 4.26. The Kier molecular flexibility index (Phi) is 9.58. The van der Waals surface area contributed by atoms with Crippen LogP contribution in [0.5, 0.6) is 17.5 Å². The predicted octanol–water partition coefficient (Wildman–Crippen LogP) is 3.52. The Bertz CT molecular complexity index is 839. The van der Waals surface area contributed by atoms with Gasteiger partial charge >= 0.3 is 0 Å². The Labute approximate surface area is 176 Å². The number of ether oxygens (including phenoxy) is 3. The number of hydrogen-bond acceptors (Lipinski definition) is 6. The molecule has 2 aromatic heterocycles. The van der Waals surface area contributed by atoms with Gasteiger partial charge in [0.05, 0.1) is 31.3 Å². The lowest BCUT2D eigenvalue weighted by Gasteiger charge is -2.09. The first-order chi connectivity index (χ1) is 12.7. The molecule has 2 N–H and O–H groups in total. The standard InChI is InChI=1S/C19H22N4O3.2ClH/c1-3-25-19-12-17(14-4-7-16(8-5-14)26-11-10-20)23(22-19)15-6-9-18(24-2)21-13-15;;/h4-9,12-13H,3,10-11,20H2,1-2H3;2*1H. The Hall–Kier alpha value is -2.48. The van der Waals surface area contributed by atoms with E-state index >= 15 is 0 Å². The highest BCUT2D eigenvalue weighted by Crippen LogP contribution is 2.28. The van der Waals surface area contributed by atoms with Crippen molar-refractivity contribution in [2.45, 2.75) is 6.92 Å². The van der Waals surface area contributed by atoms with Crippen LogP contribution in [0.25, 0.3) is 16.9 Å². The van der Waals surface area contributed by atoms with E-state index < -0.39 is 0 Å². The molecule has 0 aliphatic rings. The van der Waals surface area contributed by atoms with Gasteiger partial charge in [0.1, 0.15) is 12.4 Å². The molecule has 0 aliphatic carbocycles. The molecule has 0 spiro atoms. The number of halogens is 2. The maximum atomic E-state index is 5.58. The number of hydrogen-bond donors (Lipinski definition) is 1. The van der Waals surface area contributed by atoms with Gasteiger partial charge in [0.25, 0.3) is 0 Å². The minimum atomic E-state index is 0. The Balaban J connectivity index is 0.00000196. The maximum Gasteiger partial charge on any atom is 0.233 e. The van der Waals surface area contributed by atoms with Crippen molar-refractivity contribution < 1.29 is 14.2 Å². The van der Waals surface area contributed by atoms with Crippen molar-refractivity contribution >= 4 is 24.8 Å². The second-order valence-electron chi connectivity index (χ2n) is 5.43. The maximum absolute atomic E-state index is 5.58. The van der Waals surface area contributed by atoms with Crippen LogP contribution in [-0.4, -0.2) is 41.6 Å². The van der Waals surface area contributed by atoms with Crippen LogP contribution in [0.3, 0.4) is 0 Å². The fourth-order valence-electron chi connectivity index (χ4n) is 2.50. The van der Waals surface area contributed by atoms with Gasteiger partial charge in [-0.2, -0.15) is 0 Å². The molecule has 2 heterocycles. The van der Waals surface area contributed by atoms with Crippen molar-refractivity contribution in [3.05, 3.63) is 48.7 Å². The summed E-state index contributed by atoms with van der Waals surface area (Å²) in [5, 5.41) is 4.54. The zero-order valence-electron chi connectivity index (χ0n) is 15.7. The van der Waals surface area contributed by atoms with E-state index in [-0.39, 0.29) is 24.8 Å². The summed E-state index contributed by atoms with van der Waals surface area (Å²) in [7, 11) is 1.59. The lowest BCUT2D eigenvalue weighted by Crippen LogP contribution is -2.10. The second-order valence-corrected chi connectivity index (χ2v) is 5.43. The van der Waals surface area contributed by atoms with Crippen LogP contribution in [0.15, 0.2) is 48.7 Å². The van der Waals surface area contributed by atoms with Crippen LogP contribution in [-0.2, 0) is 0 Å². The third-order valence-electron chi connectivity index (χ3n) is 3.69. The first kappa shape index (κ1) is 23.6. The topological polar surface area (TPSA) is 84.4 Å². The first-order valence-corrected chi connectivity index (χ1v) is 8.41. The van der Waals surface area contributed by atoms with Crippen LogP contribution in [0, 0.1) is 0 Å². The van der Waals surface area contributed by atoms with Gasteiger partial charge in [0.2, 0.25) is 11.8 Å². The molecule has 1 aromatic carbocycles. The van der Waals surface area contributed by atoms with Gasteiger partial charge in [-0.05, 0) is 37.3 Å². The molecular weight excluding hydrogens is 403 g/mol. The molecule has 9 heteroatoms. The molecule has 0 unspecified atom stereocenters. The van der Waals surface area contributed by atoms with Gasteiger partial charge in [0, 0.05) is 24.2 Å². The van der Waals surface area contributed by atoms with E-state index in [2.05, 4.69) is 10.1 Å². The summed E-state index contributed by atoms with van der Waals surface area (Å²) in [6, 6.07) is 13.4. The Morgan fingerprint density at radius 2 is 1.75 bits per heavy atom. The monoisotopic (exact) mass is 426 g/mol.